The summed E-state index contributed by atoms with van der Waals surface area (Å²) in [6.07, 6.45) is 0.921. The van der Waals surface area contributed by atoms with E-state index in [1.54, 1.807) is 0 Å². The molecule has 108 valence electrons. The summed E-state index contributed by atoms with van der Waals surface area (Å²) in [4.78, 5) is 0. The molecule has 20 heavy (non-hydrogen) atoms. The van der Waals surface area contributed by atoms with Gasteiger partial charge in [0, 0.05) is 13.2 Å². The SMILES string of the molecule is OC(c1ccccc1)c1ccccc1.OCCCCO. The fourth-order valence-corrected chi connectivity index (χ4v) is 1.69. The van der Waals surface area contributed by atoms with Gasteiger partial charge in [0.25, 0.3) is 0 Å². The third kappa shape index (κ3) is 5.97. The number of unbranched alkanes of at least 4 members (excludes halogenated alkanes) is 1. The van der Waals surface area contributed by atoms with Gasteiger partial charge in [0.1, 0.15) is 6.10 Å². The van der Waals surface area contributed by atoms with E-state index in [9.17, 15) is 5.11 Å². The van der Waals surface area contributed by atoms with Crippen LogP contribution in [0.2, 0.25) is 0 Å². The van der Waals surface area contributed by atoms with E-state index in [1.165, 1.54) is 0 Å². The van der Waals surface area contributed by atoms with Gasteiger partial charge in [-0.1, -0.05) is 60.7 Å². The molecule has 0 heterocycles. The summed E-state index contributed by atoms with van der Waals surface area (Å²) in [7, 11) is 0. The van der Waals surface area contributed by atoms with Gasteiger partial charge in [-0.05, 0) is 24.0 Å². The lowest BCUT2D eigenvalue weighted by molar-refractivity contribution is 0.220. The van der Waals surface area contributed by atoms with Crippen molar-refractivity contribution in [3.63, 3.8) is 0 Å². The Labute approximate surface area is 120 Å². The molecule has 3 N–H and O–H groups in total. The second-order valence-corrected chi connectivity index (χ2v) is 4.38. The van der Waals surface area contributed by atoms with Gasteiger partial charge in [-0.3, -0.25) is 0 Å². The average molecular weight is 274 g/mol. The highest BCUT2D eigenvalue weighted by molar-refractivity contribution is 5.29. The third-order valence-corrected chi connectivity index (χ3v) is 2.80. The van der Waals surface area contributed by atoms with Crippen LogP contribution in [0.25, 0.3) is 0 Å². The molecule has 0 aliphatic rings. The van der Waals surface area contributed by atoms with Crippen molar-refractivity contribution >= 4 is 0 Å². The molecule has 0 saturated carbocycles. The summed E-state index contributed by atoms with van der Waals surface area (Å²) in [5.74, 6) is 0. The predicted molar refractivity (Wildman–Crippen MR) is 80.4 cm³/mol. The van der Waals surface area contributed by atoms with Gasteiger partial charge in [0.2, 0.25) is 0 Å². The summed E-state index contributed by atoms with van der Waals surface area (Å²) in [6.45, 7) is 0.390. The van der Waals surface area contributed by atoms with E-state index in [0.29, 0.717) is 0 Å². The molecule has 2 rings (SSSR count). The van der Waals surface area contributed by atoms with Gasteiger partial charge in [-0.25, -0.2) is 0 Å². The zero-order valence-corrected chi connectivity index (χ0v) is 11.5. The molecule has 0 saturated heterocycles. The van der Waals surface area contributed by atoms with Crippen LogP contribution >= 0.6 is 0 Å². The van der Waals surface area contributed by atoms with Crippen LogP contribution in [0.4, 0.5) is 0 Å². The molecule has 2 aromatic carbocycles. The van der Waals surface area contributed by atoms with E-state index in [0.717, 1.165) is 24.0 Å². The number of aliphatic hydroxyl groups excluding tert-OH is 3. The standard InChI is InChI=1S/C13H12O.C4H10O2/c14-13(11-7-3-1-4-8-11)12-9-5-2-6-10-12;5-3-1-2-4-6/h1-10,13-14H;5-6H,1-4H2. The van der Waals surface area contributed by atoms with E-state index in [1.807, 2.05) is 60.7 Å². The van der Waals surface area contributed by atoms with Crippen LogP contribution in [0.15, 0.2) is 60.7 Å². The normalized spacial score (nSPS) is 10.0. The Morgan fingerprint density at radius 1 is 0.650 bits per heavy atom. The maximum atomic E-state index is 9.99. The van der Waals surface area contributed by atoms with Crippen LogP contribution in [0, 0.1) is 0 Å². The van der Waals surface area contributed by atoms with Crippen LogP contribution in [0.1, 0.15) is 30.1 Å². The highest BCUT2D eigenvalue weighted by atomic mass is 16.3. The molecule has 0 bridgehead atoms. The monoisotopic (exact) mass is 274 g/mol. The molecule has 3 heteroatoms. The number of benzene rings is 2. The molecule has 0 fully saturated rings. The van der Waals surface area contributed by atoms with Crippen LogP contribution in [0.3, 0.4) is 0 Å². The van der Waals surface area contributed by atoms with Gasteiger partial charge >= 0.3 is 0 Å². The molecule has 0 aliphatic carbocycles. The quantitative estimate of drug-likeness (QED) is 0.734. The number of hydrogen-bond donors (Lipinski definition) is 3. The first-order valence-electron chi connectivity index (χ1n) is 6.79. The van der Waals surface area contributed by atoms with Gasteiger partial charge in [-0.2, -0.15) is 0 Å². The summed E-state index contributed by atoms with van der Waals surface area (Å²) in [5.41, 5.74) is 1.86. The van der Waals surface area contributed by atoms with Gasteiger partial charge in [0.15, 0.2) is 0 Å². The molecule has 0 amide bonds. The van der Waals surface area contributed by atoms with Crippen LogP contribution in [-0.2, 0) is 0 Å². The minimum Gasteiger partial charge on any atom is -0.396 e. The third-order valence-electron chi connectivity index (χ3n) is 2.80. The zero-order valence-electron chi connectivity index (χ0n) is 11.5. The molecular formula is C17H22O3. The molecule has 3 nitrogen and oxygen atoms in total. The van der Waals surface area contributed by atoms with Crippen LogP contribution in [0.5, 0.6) is 0 Å². The first kappa shape index (κ1) is 16.4. The van der Waals surface area contributed by atoms with Crippen molar-refractivity contribution in [2.75, 3.05) is 13.2 Å². The van der Waals surface area contributed by atoms with Crippen molar-refractivity contribution in [1.82, 2.24) is 0 Å². The van der Waals surface area contributed by atoms with Crippen molar-refractivity contribution in [3.05, 3.63) is 71.8 Å². The fraction of sp³-hybridized carbons (Fsp3) is 0.294. The highest BCUT2D eigenvalue weighted by Gasteiger charge is 2.07. The van der Waals surface area contributed by atoms with E-state index in [4.69, 9.17) is 10.2 Å². The minimum atomic E-state index is -0.516. The number of hydrogen-bond acceptors (Lipinski definition) is 3. The van der Waals surface area contributed by atoms with E-state index < -0.39 is 6.10 Å². The fourth-order valence-electron chi connectivity index (χ4n) is 1.69. The van der Waals surface area contributed by atoms with Crippen molar-refractivity contribution in [3.8, 4) is 0 Å². The van der Waals surface area contributed by atoms with Gasteiger partial charge < -0.3 is 15.3 Å². The first-order valence-corrected chi connectivity index (χ1v) is 6.79. The number of aliphatic hydroxyl groups is 3. The Morgan fingerprint density at radius 2 is 1.00 bits per heavy atom. The Bertz CT molecular complexity index is 399. The van der Waals surface area contributed by atoms with Gasteiger partial charge in [0.05, 0.1) is 0 Å². The summed E-state index contributed by atoms with van der Waals surface area (Å²) < 4.78 is 0. The molecule has 2 aromatic rings. The lowest BCUT2D eigenvalue weighted by Crippen LogP contribution is -1.98. The van der Waals surface area contributed by atoms with Crippen molar-refractivity contribution in [1.29, 1.82) is 0 Å². The summed E-state index contributed by atoms with van der Waals surface area (Å²) in [6, 6.07) is 19.3. The molecule has 0 unspecified atom stereocenters. The summed E-state index contributed by atoms with van der Waals surface area (Å²) in [5, 5.41) is 26.2. The molecule has 0 aliphatic heterocycles. The number of rotatable bonds is 5. The summed E-state index contributed by atoms with van der Waals surface area (Å²) >= 11 is 0. The smallest absolute Gasteiger partial charge is 0.104 e. The Kier molecular flexibility index (Phi) is 8.31. The Hall–Kier alpha value is -1.68. The van der Waals surface area contributed by atoms with E-state index in [2.05, 4.69) is 0 Å². The maximum Gasteiger partial charge on any atom is 0.104 e. The van der Waals surface area contributed by atoms with E-state index >= 15 is 0 Å². The molecule has 0 radical (unpaired) electrons. The maximum absolute atomic E-state index is 9.99. The molecule has 0 atom stereocenters. The highest BCUT2D eigenvalue weighted by Crippen LogP contribution is 2.20. The van der Waals surface area contributed by atoms with Gasteiger partial charge in [-0.15, -0.1) is 0 Å². The van der Waals surface area contributed by atoms with Crippen LogP contribution < -0.4 is 0 Å². The van der Waals surface area contributed by atoms with Crippen LogP contribution in [-0.4, -0.2) is 28.5 Å². The second kappa shape index (κ2) is 10.1. The first-order chi connectivity index (χ1) is 9.79. The topological polar surface area (TPSA) is 60.7 Å². The molecule has 0 aromatic heterocycles. The van der Waals surface area contributed by atoms with Crippen molar-refractivity contribution in [2.45, 2.75) is 18.9 Å². The predicted octanol–water partition coefficient (Wildman–Crippen LogP) is 2.52. The van der Waals surface area contributed by atoms with Crippen molar-refractivity contribution < 1.29 is 15.3 Å². The average Bonchev–Trinajstić information content (AvgIpc) is 2.54. The zero-order chi connectivity index (χ0) is 14.6. The molecular weight excluding hydrogens is 252 g/mol. The Morgan fingerprint density at radius 3 is 1.30 bits per heavy atom. The minimum absolute atomic E-state index is 0.195. The second-order valence-electron chi connectivity index (χ2n) is 4.38. The lowest BCUT2D eigenvalue weighted by atomic mass is 10.0. The van der Waals surface area contributed by atoms with E-state index in [-0.39, 0.29) is 13.2 Å². The largest absolute Gasteiger partial charge is 0.396 e. The Balaban J connectivity index is 0.000000286. The molecule has 0 spiro atoms. The van der Waals surface area contributed by atoms with Crippen molar-refractivity contribution in [2.24, 2.45) is 0 Å². The lowest BCUT2D eigenvalue weighted by Gasteiger charge is -2.10.